The zero-order valence-corrected chi connectivity index (χ0v) is 16.7. The predicted molar refractivity (Wildman–Crippen MR) is 115 cm³/mol. The molecule has 0 unspecified atom stereocenters. The van der Waals surface area contributed by atoms with E-state index in [0.29, 0.717) is 11.6 Å². The van der Waals surface area contributed by atoms with Crippen LogP contribution in [0.2, 0.25) is 0 Å². The highest BCUT2D eigenvalue weighted by Crippen LogP contribution is 2.22. The lowest BCUT2D eigenvalue weighted by Crippen LogP contribution is -2.31. The van der Waals surface area contributed by atoms with E-state index in [2.05, 4.69) is 84.2 Å². The van der Waals surface area contributed by atoms with E-state index in [1.807, 2.05) is 41.2 Å². The summed E-state index contributed by atoms with van der Waals surface area (Å²) >= 11 is 0. The molecule has 2 aromatic heterocycles. The van der Waals surface area contributed by atoms with Gasteiger partial charge in [0.15, 0.2) is 24.8 Å². The highest BCUT2D eigenvalue weighted by atomic mass is 15.0. The molecule has 4 aromatic rings. The van der Waals surface area contributed by atoms with Crippen molar-refractivity contribution in [3.8, 4) is 22.5 Å². The molecule has 0 aliphatic rings. The molecule has 0 saturated carbocycles. The van der Waals surface area contributed by atoms with Crippen LogP contribution in [0.15, 0.2) is 97.6 Å². The number of benzene rings is 2. The molecule has 3 heteroatoms. The SMILES string of the molecule is [C-]#[N+]c1ccccc1-[n+]1ccc(-c2cc[n+](-c3ccccc3C(C)C)cc2)cc1. The second-order valence-corrected chi connectivity index (χ2v) is 7.30. The third kappa shape index (κ3) is 3.79. The average Bonchev–Trinajstić information content (AvgIpc) is 2.79. The van der Waals surface area contributed by atoms with E-state index in [0.717, 1.165) is 16.8 Å². The Hall–Kier alpha value is -3.77. The van der Waals surface area contributed by atoms with Gasteiger partial charge in [0.25, 0.3) is 5.69 Å². The van der Waals surface area contributed by atoms with Crippen LogP contribution in [-0.2, 0) is 0 Å². The molecule has 0 radical (unpaired) electrons. The maximum atomic E-state index is 7.35. The van der Waals surface area contributed by atoms with Gasteiger partial charge in [0.05, 0.1) is 6.57 Å². The quantitative estimate of drug-likeness (QED) is 0.325. The molecule has 4 rings (SSSR count). The van der Waals surface area contributed by atoms with Crippen LogP contribution < -0.4 is 9.13 Å². The molecule has 0 amide bonds. The van der Waals surface area contributed by atoms with Gasteiger partial charge in [0.1, 0.15) is 0 Å². The Kier molecular flexibility index (Phi) is 5.18. The molecule has 29 heavy (non-hydrogen) atoms. The van der Waals surface area contributed by atoms with Crippen LogP contribution in [0.1, 0.15) is 25.3 Å². The van der Waals surface area contributed by atoms with Crippen molar-refractivity contribution in [3.63, 3.8) is 0 Å². The summed E-state index contributed by atoms with van der Waals surface area (Å²) in [7, 11) is 0. The molecule has 3 nitrogen and oxygen atoms in total. The number of para-hydroxylation sites is 3. The Morgan fingerprint density at radius 2 is 1.14 bits per heavy atom. The second kappa shape index (κ2) is 8.08. The molecule has 0 aliphatic carbocycles. The molecule has 2 aromatic carbocycles. The fourth-order valence-corrected chi connectivity index (χ4v) is 3.55. The Bertz CT molecular complexity index is 1170. The van der Waals surface area contributed by atoms with Crippen LogP contribution >= 0.6 is 0 Å². The fraction of sp³-hybridized carbons (Fsp3) is 0.115. The molecule has 0 atom stereocenters. The molecule has 0 fully saturated rings. The van der Waals surface area contributed by atoms with Crippen molar-refractivity contribution >= 4 is 5.69 Å². The first kappa shape index (κ1) is 18.6. The van der Waals surface area contributed by atoms with Crippen LogP contribution in [0.3, 0.4) is 0 Å². The Labute approximate surface area is 172 Å². The van der Waals surface area contributed by atoms with E-state index in [9.17, 15) is 0 Å². The highest BCUT2D eigenvalue weighted by molar-refractivity contribution is 5.62. The van der Waals surface area contributed by atoms with E-state index in [1.54, 1.807) is 0 Å². The number of pyridine rings is 2. The standard InChI is InChI=1S/C26H23N3/c1-20(2)23-8-4-6-10-25(23)28-16-12-21(13-17-28)22-14-18-29(19-15-22)26-11-7-5-9-24(26)27-3/h4-20H,1-2H3/q+2. The summed E-state index contributed by atoms with van der Waals surface area (Å²) in [6.07, 6.45) is 8.25. The van der Waals surface area contributed by atoms with Gasteiger partial charge in [-0.15, -0.1) is 0 Å². The molecule has 0 N–H and O–H groups in total. The minimum Gasteiger partial charge on any atom is -0.231 e. The topological polar surface area (TPSA) is 12.1 Å². The fourth-order valence-electron chi connectivity index (χ4n) is 3.55. The first-order valence-electron chi connectivity index (χ1n) is 9.76. The van der Waals surface area contributed by atoms with Gasteiger partial charge in [0, 0.05) is 35.9 Å². The maximum absolute atomic E-state index is 7.35. The number of hydrogen-bond acceptors (Lipinski definition) is 0. The summed E-state index contributed by atoms with van der Waals surface area (Å²) < 4.78 is 4.16. The van der Waals surface area contributed by atoms with E-state index in [-0.39, 0.29) is 0 Å². The van der Waals surface area contributed by atoms with Crippen molar-refractivity contribution < 1.29 is 9.13 Å². The van der Waals surface area contributed by atoms with Crippen molar-refractivity contribution in [2.75, 3.05) is 0 Å². The van der Waals surface area contributed by atoms with Gasteiger partial charge < -0.3 is 0 Å². The van der Waals surface area contributed by atoms with Crippen molar-refractivity contribution in [1.29, 1.82) is 0 Å². The summed E-state index contributed by atoms with van der Waals surface area (Å²) in [5.41, 5.74) is 6.40. The van der Waals surface area contributed by atoms with Crippen molar-refractivity contribution in [1.82, 2.24) is 0 Å². The monoisotopic (exact) mass is 377 g/mol. The van der Waals surface area contributed by atoms with Gasteiger partial charge in [-0.1, -0.05) is 44.2 Å². The van der Waals surface area contributed by atoms with Crippen molar-refractivity contribution in [2.45, 2.75) is 19.8 Å². The molecule has 140 valence electrons. The van der Waals surface area contributed by atoms with Gasteiger partial charge >= 0.3 is 0 Å². The minimum absolute atomic E-state index is 0.473. The van der Waals surface area contributed by atoms with E-state index in [1.165, 1.54) is 11.3 Å². The Morgan fingerprint density at radius 3 is 1.69 bits per heavy atom. The van der Waals surface area contributed by atoms with Gasteiger partial charge in [0.2, 0.25) is 11.4 Å². The lowest BCUT2D eigenvalue weighted by Gasteiger charge is -2.08. The van der Waals surface area contributed by atoms with E-state index >= 15 is 0 Å². The molecule has 0 saturated heterocycles. The van der Waals surface area contributed by atoms with E-state index < -0.39 is 0 Å². The molecular weight excluding hydrogens is 354 g/mol. The first-order valence-corrected chi connectivity index (χ1v) is 9.76. The number of aromatic nitrogens is 2. The summed E-state index contributed by atoms with van der Waals surface area (Å²) in [4.78, 5) is 3.61. The number of rotatable bonds is 4. The lowest BCUT2D eigenvalue weighted by atomic mass is 10.0. The van der Waals surface area contributed by atoms with Crippen LogP contribution in [-0.4, -0.2) is 0 Å². The van der Waals surface area contributed by atoms with Gasteiger partial charge in [-0.2, -0.15) is 9.13 Å². The highest BCUT2D eigenvalue weighted by Gasteiger charge is 2.15. The molecule has 0 bridgehead atoms. The van der Waals surface area contributed by atoms with Crippen molar-refractivity contribution in [2.24, 2.45) is 0 Å². The molecule has 2 heterocycles. The third-order valence-electron chi connectivity index (χ3n) is 5.11. The summed E-state index contributed by atoms with van der Waals surface area (Å²) in [5, 5.41) is 0. The van der Waals surface area contributed by atoms with Crippen molar-refractivity contribution in [3.05, 3.63) is 115 Å². The van der Waals surface area contributed by atoms with Gasteiger partial charge in [-0.25, -0.2) is 4.85 Å². The van der Waals surface area contributed by atoms with E-state index in [4.69, 9.17) is 6.57 Å². The summed E-state index contributed by atoms with van der Waals surface area (Å²) in [5.74, 6) is 0.473. The second-order valence-electron chi connectivity index (χ2n) is 7.30. The van der Waals surface area contributed by atoms with Crippen LogP contribution in [0.4, 0.5) is 5.69 Å². The predicted octanol–water partition coefficient (Wildman–Crippen LogP) is 5.58. The Morgan fingerprint density at radius 1 is 0.655 bits per heavy atom. The van der Waals surface area contributed by atoms with Crippen LogP contribution in [0, 0.1) is 6.57 Å². The zero-order chi connectivity index (χ0) is 20.2. The largest absolute Gasteiger partial charge is 0.256 e. The van der Waals surface area contributed by atoms with Gasteiger partial charge in [-0.3, -0.25) is 0 Å². The molecule has 0 aliphatic heterocycles. The molecular formula is C26H23N3+2. The molecule has 0 spiro atoms. The minimum atomic E-state index is 0.473. The van der Waals surface area contributed by atoms with Crippen LogP contribution in [0.25, 0.3) is 27.3 Å². The first-order chi connectivity index (χ1) is 14.2. The average molecular weight is 377 g/mol. The third-order valence-corrected chi connectivity index (χ3v) is 5.11. The normalized spacial score (nSPS) is 10.7. The lowest BCUT2D eigenvalue weighted by molar-refractivity contribution is -0.596. The summed E-state index contributed by atoms with van der Waals surface area (Å²) in [6.45, 7) is 11.8. The smallest absolute Gasteiger partial charge is 0.231 e. The number of nitrogens with zero attached hydrogens (tertiary/aromatic N) is 3. The van der Waals surface area contributed by atoms with Gasteiger partial charge in [-0.05, 0) is 29.2 Å². The maximum Gasteiger partial charge on any atom is 0.256 e. The Balaban J connectivity index is 1.63. The number of hydrogen-bond donors (Lipinski definition) is 0. The zero-order valence-electron chi connectivity index (χ0n) is 16.7. The summed E-state index contributed by atoms with van der Waals surface area (Å²) in [6, 6.07) is 24.6. The van der Waals surface area contributed by atoms with Crippen LogP contribution in [0.5, 0.6) is 0 Å².